The fourth-order valence-corrected chi connectivity index (χ4v) is 4.56. The molecular formula is C21H20ClN5S. The van der Waals surface area contributed by atoms with E-state index in [0.29, 0.717) is 10.9 Å². The van der Waals surface area contributed by atoms with Crippen molar-refractivity contribution in [2.24, 2.45) is 0 Å². The van der Waals surface area contributed by atoms with E-state index in [0.717, 1.165) is 27.8 Å². The van der Waals surface area contributed by atoms with Crippen molar-refractivity contribution in [3.63, 3.8) is 0 Å². The topological polar surface area (TPSA) is 48.5 Å². The molecule has 7 heteroatoms. The Hall–Kier alpha value is -2.57. The number of aryl methyl sites for hydroxylation is 3. The predicted octanol–water partition coefficient (Wildman–Crippen LogP) is 5.32. The molecule has 0 fully saturated rings. The molecule has 142 valence electrons. The zero-order chi connectivity index (χ0) is 19.7. The number of halogens is 1. The van der Waals surface area contributed by atoms with Gasteiger partial charge in [-0.2, -0.15) is 5.10 Å². The van der Waals surface area contributed by atoms with E-state index < -0.39 is 0 Å². The first-order valence-corrected chi connectivity index (χ1v) is 10.3. The number of nitrogens with zero attached hydrogens (tertiary/aromatic N) is 5. The highest BCUT2D eigenvalue weighted by atomic mass is 35.5. The van der Waals surface area contributed by atoms with E-state index in [1.165, 1.54) is 11.1 Å². The van der Waals surface area contributed by atoms with Gasteiger partial charge < -0.3 is 0 Å². The van der Waals surface area contributed by atoms with Crippen molar-refractivity contribution in [1.29, 1.82) is 0 Å². The van der Waals surface area contributed by atoms with Crippen molar-refractivity contribution in [2.75, 3.05) is 0 Å². The van der Waals surface area contributed by atoms with Gasteiger partial charge in [0, 0.05) is 11.3 Å². The average molecular weight is 410 g/mol. The molecule has 0 unspecified atom stereocenters. The summed E-state index contributed by atoms with van der Waals surface area (Å²) < 4.78 is 3.80. The Labute approximate surface area is 173 Å². The van der Waals surface area contributed by atoms with Gasteiger partial charge in [-0.05, 0) is 44.5 Å². The number of rotatable bonds is 5. The molecule has 2 aromatic carbocycles. The van der Waals surface area contributed by atoms with Gasteiger partial charge >= 0.3 is 0 Å². The minimum Gasteiger partial charge on any atom is -0.276 e. The molecule has 0 aliphatic rings. The molecule has 4 aromatic rings. The Bertz CT molecular complexity index is 1120. The van der Waals surface area contributed by atoms with Crippen LogP contribution in [0.5, 0.6) is 0 Å². The second kappa shape index (κ2) is 7.81. The van der Waals surface area contributed by atoms with E-state index in [1.807, 2.05) is 41.8 Å². The van der Waals surface area contributed by atoms with Crippen molar-refractivity contribution in [2.45, 2.75) is 31.7 Å². The maximum atomic E-state index is 6.65. The van der Waals surface area contributed by atoms with Gasteiger partial charge in [0.2, 0.25) is 0 Å². The molecule has 0 N–H and O–H groups in total. The Morgan fingerprint density at radius 3 is 2.57 bits per heavy atom. The molecule has 4 rings (SSSR count). The number of para-hydroxylation sites is 1. The van der Waals surface area contributed by atoms with Gasteiger partial charge in [0.05, 0.1) is 17.1 Å². The first-order chi connectivity index (χ1) is 13.5. The minimum atomic E-state index is 0.633. The molecule has 28 heavy (non-hydrogen) atoms. The SMILES string of the molecule is Cc1ccc(-n2cnnc2SCc2c(C)nn(-c3ccccc3)c2Cl)c(C)c1. The van der Waals surface area contributed by atoms with Crippen LogP contribution < -0.4 is 0 Å². The zero-order valence-corrected chi connectivity index (χ0v) is 17.5. The molecular weight excluding hydrogens is 390 g/mol. The molecule has 0 saturated heterocycles. The summed E-state index contributed by atoms with van der Waals surface area (Å²) >= 11 is 8.25. The highest BCUT2D eigenvalue weighted by Crippen LogP contribution is 2.31. The van der Waals surface area contributed by atoms with Crippen LogP contribution in [0, 0.1) is 20.8 Å². The second-order valence-corrected chi connectivity index (χ2v) is 7.96. The summed E-state index contributed by atoms with van der Waals surface area (Å²) in [6.45, 7) is 6.17. The molecule has 0 atom stereocenters. The van der Waals surface area contributed by atoms with E-state index >= 15 is 0 Å². The fraction of sp³-hybridized carbons (Fsp3) is 0.190. The van der Waals surface area contributed by atoms with Crippen LogP contribution in [0.2, 0.25) is 5.15 Å². The van der Waals surface area contributed by atoms with Crippen molar-refractivity contribution < 1.29 is 0 Å². The van der Waals surface area contributed by atoms with Gasteiger partial charge in [-0.25, -0.2) is 4.68 Å². The van der Waals surface area contributed by atoms with Crippen LogP contribution in [0.1, 0.15) is 22.4 Å². The summed E-state index contributed by atoms with van der Waals surface area (Å²) in [5, 5.41) is 14.5. The number of benzene rings is 2. The van der Waals surface area contributed by atoms with Gasteiger partial charge in [-0.3, -0.25) is 4.57 Å². The summed E-state index contributed by atoms with van der Waals surface area (Å²) in [4.78, 5) is 0. The third kappa shape index (κ3) is 3.57. The van der Waals surface area contributed by atoms with Crippen LogP contribution in [-0.2, 0) is 5.75 Å². The van der Waals surface area contributed by atoms with Gasteiger partial charge in [0.25, 0.3) is 0 Å². The van der Waals surface area contributed by atoms with Crippen molar-refractivity contribution in [1.82, 2.24) is 24.5 Å². The lowest BCUT2D eigenvalue weighted by Gasteiger charge is -2.10. The molecule has 0 amide bonds. The maximum Gasteiger partial charge on any atom is 0.195 e. The fourth-order valence-electron chi connectivity index (χ4n) is 3.14. The van der Waals surface area contributed by atoms with Crippen LogP contribution in [-0.4, -0.2) is 24.5 Å². The van der Waals surface area contributed by atoms with Gasteiger partial charge in [-0.1, -0.05) is 59.3 Å². The summed E-state index contributed by atoms with van der Waals surface area (Å²) in [5.74, 6) is 0.668. The molecule has 2 aromatic heterocycles. The number of hydrogen-bond donors (Lipinski definition) is 0. The molecule has 5 nitrogen and oxygen atoms in total. The quantitative estimate of drug-likeness (QED) is 0.418. The summed E-state index contributed by atoms with van der Waals surface area (Å²) in [7, 11) is 0. The van der Waals surface area contributed by atoms with Crippen molar-refractivity contribution >= 4 is 23.4 Å². The van der Waals surface area contributed by atoms with Crippen LogP contribution >= 0.6 is 23.4 Å². The van der Waals surface area contributed by atoms with Crippen LogP contribution in [0.15, 0.2) is 60.0 Å². The third-order valence-corrected chi connectivity index (χ3v) is 5.95. The van der Waals surface area contributed by atoms with Crippen LogP contribution in [0.3, 0.4) is 0 Å². The van der Waals surface area contributed by atoms with Gasteiger partial charge in [0.15, 0.2) is 5.16 Å². The minimum absolute atomic E-state index is 0.633. The second-order valence-electron chi connectivity index (χ2n) is 6.66. The Morgan fingerprint density at radius 2 is 1.82 bits per heavy atom. The lowest BCUT2D eigenvalue weighted by molar-refractivity contribution is 0.863. The molecule has 0 spiro atoms. The molecule has 2 heterocycles. The van der Waals surface area contributed by atoms with Crippen LogP contribution in [0.4, 0.5) is 0 Å². The Balaban J connectivity index is 1.60. The van der Waals surface area contributed by atoms with E-state index in [2.05, 4.69) is 47.3 Å². The Kier molecular flexibility index (Phi) is 5.24. The van der Waals surface area contributed by atoms with Crippen molar-refractivity contribution in [3.8, 4) is 11.4 Å². The first kappa shape index (κ1) is 18.8. The third-order valence-electron chi connectivity index (χ3n) is 4.60. The predicted molar refractivity (Wildman–Crippen MR) is 114 cm³/mol. The summed E-state index contributed by atoms with van der Waals surface area (Å²) in [5.41, 5.74) is 6.38. The van der Waals surface area contributed by atoms with E-state index in [4.69, 9.17) is 11.6 Å². The standard InChI is InChI=1S/C21H20ClN5S/c1-14-9-10-19(15(2)11-14)26-13-23-24-21(26)28-12-18-16(3)25-27(20(18)22)17-7-5-4-6-8-17/h4-11,13H,12H2,1-3H3. The van der Waals surface area contributed by atoms with Gasteiger partial charge in [-0.15, -0.1) is 10.2 Å². The van der Waals surface area contributed by atoms with E-state index in [9.17, 15) is 0 Å². The maximum absolute atomic E-state index is 6.65. The van der Waals surface area contributed by atoms with E-state index in [1.54, 1.807) is 22.8 Å². The molecule has 0 radical (unpaired) electrons. The highest BCUT2D eigenvalue weighted by Gasteiger charge is 2.17. The largest absolute Gasteiger partial charge is 0.276 e. The molecule has 0 aliphatic heterocycles. The van der Waals surface area contributed by atoms with E-state index in [-0.39, 0.29) is 0 Å². The molecule has 0 bridgehead atoms. The van der Waals surface area contributed by atoms with Gasteiger partial charge in [0.1, 0.15) is 11.5 Å². The normalized spacial score (nSPS) is 11.1. The lowest BCUT2D eigenvalue weighted by Crippen LogP contribution is -1.99. The number of hydrogen-bond acceptors (Lipinski definition) is 4. The smallest absolute Gasteiger partial charge is 0.195 e. The zero-order valence-electron chi connectivity index (χ0n) is 15.9. The summed E-state index contributed by atoms with van der Waals surface area (Å²) in [6, 6.07) is 16.3. The number of thioether (sulfide) groups is 1. The lowest BCUT2D eigenvalue weighted by atomic mass is 10.1. The summed E-state index contributed by atoms with van der Waals surface area (Å²) in [6.07, 6.45) is 1.75. The highest BCUT2D eigenvalue weighted by molar-refractivity contribution is 7.98. The van der Waals surface area contributed by atoms with Crippen molar-refractivity contribution in [3.05, 3.63) is 82.4 Å². The van der Waals surface area contributed by atoms with Crippen LogP contribution in [0.25, 0.3) is 11.4 Å². The number of aromatic nitrogens is 5. The first-order valence-electron chi connectivity index (χ1n) is 8.94. The average Bonchev–Trinajstić information content (AvgIpc) is 3.25. The molecule has 0 saturated carbocycles. The Morgan fingerprint density at radius 1 is 1.04 bits per heavy atom. The monoisotopic (exact) mass is 409 g/mol. The molecule has 0 aliphatic carbocycles.